The summed E-state index contributed by atoms with van der Waals surface area (Å²) >= 11 is 3.27. The first kappa shape index (κ1) is 15.1. The normalized spacial score (nSPS) is 10.0. The summed E-state index contributed by atoms with van der Waals surface area (Å²) in [6, 6.07) is 6.68. The second kappa shape index (κ2) is 6.45. The zero-order chi connectivity index (χ0) is 15.4. The lowest BCUT2D eigenvalue weighted by molar-refractivity contribution is -0.114. The Labute approximate surface area is 130 Å². The molecule has 1 aromatic heterocycles. The van der Waals surface area contributed by atoms with Crippen molar-refractivity contribution in [3.05, 3.63) is 40.6 Å². The molecule has 0 aliphatic carbocycles. The first-order valence-corrected chi connectivity index (χ1v) is 6.90. The molecule has 1 aromatic carbocycles. The highest BCUT2D eigenvalue weighted by Crippen LogP contribution is 2.28. The van der Waals surface area contributed by atoms with Crippen LogP contribution in [0.15, 0.2) is 34.9 Å². The third-order valence-corrected chi connectivity index (χ3v) is 3.12. The van der Waals surface area contributed by atoms with Crippen LogP contribution >= 0.6 is 15.9 Å². The van der Waals surface area contributed by atoms with Gasteiger partial charge in [-0.15, -0.1) is 0 Å². The van der Waals surface area contributed by atoms with Crippen LogP contribution in [-0.4, -0.2) is 23.9 Å². The lowest BCUT2D eigenvalue weighted by Crippen LogP contribution is -2.13. The molecule has 0 atom stereocenters. The average molecular weight is 352 g/mol. The van der Waals surface area contributed by atoms with Crippen LogP contribution in [0.4, 0.5) is 11.4 Å². The minimum Gasteiger partial charge on any atom is -0.495 e. The van der Waals surface area contributed by atoms with Crippen molar-refractivity contribution in [2.75, 3.05) is 17.7 Å². The van der Waals surface area contributed by atoms with Gasteiger partial charge in [-0.2, -0.15) is 0 Å². The molecule has 0 aliphatic rings. The molecule has 0 radical (unpaired) electrons. The Balaban J connectivity index is 2.20. The van der Waals surface area contributed by atoms with Crippen LogP contribution in [0.2, 0.25) is 0 Å². The topological polar surface area (TPSA) is 83.2 Å². The maximum Gasteiger partial charge on any atom is 0.272 e. The molecule has 0 saturated heterocycles. The molecule has 0 unspecified atom stereocenters. The summed E-state index contributed by atoms with van der Waals surface area (Å²) in [7, 11) is 1.51. The number of benzene rings is 1. The number of H-pyrrole nitrogens is 1. The molecule has 0 saturated carbocycles. The van der Waals surface area contributed by atoms with Crippen molar-refractivity contribution in [1.29, 1.82) is 0 Å². The highest BCUT2D eigenvalue weighted by molar-refractivity contribution is 9.10. The Kier molecular flexibility index (Phi) is 4.64. The molecule has 110 valence electrons. The zero-order valence-electron chi connectivity index (χ0n) is 11.5. The van der Waals surface area contributed by atoms with Crippen molar-refractivity contribution in [2.24, 2.45) is 0 Å². The largest absolute Gasteiger partial charge is 0.495 e. The molecular weight excluding hydrogens is 338 g/mol. The lowest BCUT2D eigenvalue weighted by Gasteiger charge is -2.11. The van der Waals surface area contributed by atoms with E-state index in [-0.39, 0.29) is 11.8 Å². The number of amides is 2. The number of anilines is 2. The Morgan fingerprint density at radius 1 is 1.24 bits per heavy atom. The van der Waals surface area contributed by atoms with Gasteiger partial charge in [0.25, 0.3) is 5.91 Å². The van der Waals surface area contributed by atoms with E-state index in [1.54, 1.807) is 30.5 Å². The number of hydrogen-bond acceptors (Lipinski definition) is 3. The molecule has 2 amide bonds. The van der Waals surface area contributed by atoms with Crippen molar-refractivity contribution in [3.8, 4) is 5.75 Å². The van der Waals surface area contributed by atoms with Gasteiger partial charge in [0.1, 0.15) is 11.4 Å². The second-order valence-electron chi connectivity index (χ2n) is 4.28. The van der Waals surface area contributed by atoms with E-state index in [1.807, 2.05) is 0 Å². The van der Waals surface area contributed by atoms with Gasteiger partial charge in [-0.3, -0.25) is 9.59 Å². The van der Waals surface area contributed by atoms with Crippen LogP contribution in [0, 0.1) is 0 Å². The number of carbonyl (C=O) groups excluding carboxylic acids is 2. The monoisotopic (exact) mass is 351 g/mol. The molecule has 0 aliphatic heterocycles. The number of hydrogen-bond donors (Lipinski definition) is 3. The Morgan fingerprint density at radius 3 is 2.57 bits per heavy atom. The van der Waals surface area contributed by atoms with E-state index in [0.29, 0.717) is 22.8 Å². The van der Waals surface area contributed by atoms with Crippen molar-refractivity contribution in [2.45, 2.75) is 6.92 Å². The van der Waals surface area contributed by atoms with Gasteiger partial charge in [0.05, 0.1) is 12.8 Å². The number of ether oxygens (including phenoxy) is 1. The number of halogens is 1. The molecule has 2 aromatic rings. The summed E-state index contributed by atoms with van der Waals surface area (Å²) in [6.45, 7) is 1.40. The van der Waals surface area contributed by atoms with Gasteiger partial charge in [-0.25, -0.2) is 0 Å². The van der Waals surface area contributed by atoms with Crippen molar-refractivity contribution < 1.29 is 14.3 Å². The van der Waals surface area contributed by atoms with E-state index in [9.17, 15) is 9.59 Å². The van der Waals surface area contributed by atoms with Crippen molar-refractivity contribution in [1.82, 2.24) is 4.98 Å². The van der Waals surface area contributed by atoms with Crippen LogP contribution in [-0.2, 0) is 4.79 Å². The molecule has 3 N–H and O–H groups in total. The molecule has 0 spiro atoms. The highest BCUT2D eigenvalue weighted by atomic mass is 79.9. The quantitative estimate of drug-likeness (QED) is 0.791. The summed E-state index contributed by atoms with van der Waals surface area (Å²) in [4.78, 5) is 26.0. The summed E-state index contributed by atoms with van der Waals surface area (Å²) in [6.07, 6.45) is 1.67. The summed E-state index contributed by atoms with van der Waals surface area (Å²) < 4.78 is 5.95. The molecule has 1 heterocycles. The number of aromatic nitrogens is 1. The number of rotatable bonds is 4. The van der Waals surface area contributed by atoms with Gasteiger partial charge in [0.2, 0.25) is 5.91 Å². The van der Waals surface area contributed by atoms with Crippen molar-refractivity contribution in [3.63, 3.8) is 0 Å². The Hall–Kier alpha value is -2.28. The van der Waals surface area contributed by atoms with E-state index in [4.69, 9.17) is 4.74 Å². The van der Waals surface area contributed by atoms with E-state index in [2.05, 4.69) is 31.5 Å². The maximum absolute atomic E-state index is 12.0. The zero-order valence-corrected chi connectivity index (χ0v) is 13.1. The fourth-order valence-corrected chi connectivity index (χ4v) is 2.11. The van der Waals surface area contributed by atoms with Crippen LogP contribution in [0.1, 0.15) is 17.4 Å². The van der Waals surface area contributed by atoms with E-state index < -0.39 is 0 Å². The van der Waals surface area contributed by atoms with Gasteiger partial charge in [0, 0.05) is 23.3 Å². The van der Waals surface area contributed by atoms with Crippen LogP contribution in [0.3, 0.4) is 0 Å². The molecule has 0 bridgehead atoms. The fourth-order valence-electron chi connectivity index (χ4n) is 1.77. The fraction of sp³-hybridized carbons (Fsp3) is 0.143. The third-order valence-electron chi connectivity index (χ3n) is 2.66. The Bertz CT molecular complexity index is 682. The van der Waals surface area contributed by atoms with E-state index in [1.165, 1.54) is 14.0 Å². The van der Waals surface area contributed by atoms with Gasteiger partial charge in [-0.05, 0) is 40.2 Å². The van der Waals surface area contributed by atoms with E-state index in [0.717, 1.165) is 4.47 Å². The summed E-state index contributed by atoms with van der Waals surface area (Å²) in [5.74, 6) is 0.0236. The smallest absolute Gasteiger partial charge is 0.272 e. The third kappa shape index (κ3) is 3.85. The van der Waals surface area contributed by atoms with Crippen molar-refractivity contribution >= 4 is 39.1 Å². The highest BCUT2D eigenvalue weighted by Gasteiger charge is 2.11. The predicted octanol–water partition coefficient (Wildman–Crippen LogP) is 3.00. The first-order valence-electron chi connectivity index (χ1n) is 6.10. The molecule has 0 fully saturated rings. The van der Waals surface area contributed by atoms with Crippen LogP contribution in [0.5, 0.6) is 5.75 Å². The van der Waals surface area contributed by atoms with Gasteiger partial charge < -0.3 is 20.4 Å². The predicted molar refractivity (Wildman–Crippen MR) is 83.7 cm³/mol. The molecule has 7 heteroatoms. The lowest BCUT2D eigenvalue weighted by atomic mass is 10.2. The summed E-state index contributed by atoms with van der Waals surface area (Å²) in [5, 5.41) is 5.39. The SMILES string of the molecule is COc1ccc(NC(=O)c2cc(Br)c[nH]2)cc1NC(C)=O. The molecule has 6 nitrogen and oxygen atoms in total. The number of aromatic amines is 1. The second-order valence-corrected chi connectivity index (χ2v) is 5.20. The number of nitrogens with one attached hydrogen (secondary N) is 3. The van der Waals surface area contributed by atoms with Gasteiger partial charge in [-0.1, -0.05) is 0 Å². The molecule has 21 heavy (non-hydrogen) atoms. The number of methoxy groups -OCH3 is 1. The minimum atomic E-state index is -0.278. The molecular formula is C14H14BrN3O3. The van der Waals surface area contributed by atoms with Gasteiger partial charge in [0.15, 0.2) is 0 Å². The van der Waals surface area contributed by atoms with Gasteiger partial charge >= 0.3 is 0 Å². The summed E-state index contributed by atoms with van der Waals surface area (Å²) in [5.41, 5.74) is 1.48. The standard InChI is InChI=1S/C14H14BrN3O3/c1-8(19)17-11-6-10(3-4-13(11)21-2)18-14(20)12-5-9(15)7-16-12/h3-7,16H,1-2H3,(H,17,19)(H,18,20). The number of carbonyl (C=O) groups is 2. The van der Waals surface area contributed by atoms with Crippen LogP contribution < -0.4 is 15.4 Å². The molecule has 2 rings (SSSR count). The minimum absolute atomic E-state index is 0.218. The average Bonchev–Trinajstić information content (AvgIpc) is 2.85. The first-order chi connectivity index (χ1) is 9.99. The maximum atomic E-state index is 12.0. The van der Waals surface area contributed by atoms with Crippen LogP contribution in [0.25, 0.3) is 0 Å². The Morgan fingerprint density at radius 2 is 2.00 bits per heavy atom. The van der Waals surface area contributed by atoms with E-state index >= 15 is 0 Å².